The predicted octanol–water partition coefficient (Wildman–Crippen LogP) is 5.94. The summed E-state index contributed by atoms with van der Waals surface area (Å²) in [5.74, 6) is 0.194. The Morgan fingerprint density at radius 1 is 0.860 bits per heavy atom. The number of esters is 1. The van der Waals surface area contributed by atoms with Gasteiger partial charge in [-0.2, -0.15) is 0 Å². The minimum atomic E-state index is -1.07. The molecule has 0 saturated carbocycles. The molecule has 43 heavy (non-hydrogen) atoms. The van der Waals surface area contributed by atoms with Gasteiger partial charge in [-0.15, -0.1) is 5.10 Å². The summed E-state index contributed by atoms with van der Waals surface area (Å²) >= 11 is 0. The first-order valence-corrected chi connectivity index (χ1v) is 15.6. The van der Waals surface area contributed by atoms with Crippen molar-refractivity contribution in [2.24, 2.45) is 0 Å². The maximum atomic E-state index is 13.2. The molecule has 0 spiro atoms. The molecule has 0 unspecified atom stereocenters. The van der Waals surface area contributed by atoms with Crippen LogP contribution in [0.15, 0.2) is 64.2 Å². The maximum absolute atomic E-state index is 13.2. The Labute approximate surface area is 254 Å². The van der Waals surface area contributed by atoms with Crippen LogP contribution < -0.4 is 20.7 Å². The molecule has 3 aromatic rings. The number of nitrogens with zero attached hydrogens (tertiary/aromatic N) is 3. The fourth-order valence-electron chi connectivity index (χ4n) is 4.74. The van der Waals surface area contributed by atoms with Gasteiger partial charge < -0.3 is 14.2 Å². The van der Waals surface area contributed by atoms with E-state index in [4.69, 9.17) is 14.2 Å². The summed E-state index contributed by atoms with van der Waals surface area (Å²) in [6.45, 7) is 8.58. The van der Waals surface area contributed by atoms with E-state index in [1.807, 2.05) is 54.6 Å². The van der Waals surface area contributed by atoms with E-state index in [0.717, 1.165) is 68.9 Å². The molecule has 9 nitrogen and oxygen atoms in total. The van der Waals surface area contributed by atoms with Crippen LogP contribution in [0, 0.1) is 0 Å². The van der Waals surface area contributed by atoms with Crippen LogP contribution in [0.1, 0.15) is 90.2 Å². The fraction of sp³-hybridized carbons (Fsp3) is 0.529. The average Bonchev–Trinajstić information content (AvgIpc) is 2.99. The first-order chi connectivity index (χ1) is 20.7. The van der Waals surface area contributed by atoms with Crippen molar-refractivity contribution < 1.29 is 19.0 Å². The molecular formula is C34H47N3O6. The van der Waals surface area contributed by atoms with E-state index in [0.29, 0.717) is 25.5 Å². The standard InChI is InChI=1S/C34H47N3O6/c1-5-7-8-9-15-23-36-31(38)30(35-37(33(36)40)26-28-19-12-10-13-20-28)42-24-16-11-14-18-27-21-17-22-29(25-27)43-34(3,4)32(39)41-6-2/h10,12-13,17,19-22,25H,5-9,11,14-16,18,23-24,26H2,1-4H3. The summed E-state index contributed by atoms with van der Waals surface area (Å²) in [5, 5.41) is 4.32. The number of carbonyl (C=O) groups excluding carboxylic acids is 1. The van der Waals surface area contributed by atoms with Crippen LogP contribution in [0.3, 0.4) is 0 Å². The lowest BCUT2D eigenvalue weighted by Crippen LogP contribution is -2.42. The van der Waals surface area contributed by atoms with Gasteiger partial charge in [0, 0.05) is 6.54 Å². The minimum absolute atomic E-state index is 0.0295. The number of carbonyl (C=O) groups is 1. The second-order valence-corrected chi connectivity index (χ2v) is 11.2. The summed E-state index contributed by atoms with van der Waals surface area (Å²) in [6, 6.07) is 17.3. The van der Waals surface area contributed by atoms with Crippen molar-refractivity contribution >= 4 is 5.97 Å². The van der Waals surface area contributed by atoms with E-state index in [1.165, 1.54) is 9.25 Å². The molecule has 0 atom stereocenters. The fourth-order valence-corrected chi connectivity index (χ4v) is 4.74. The van der Waals surface area contributed by atoms with Crippen LogP contribution in [-0.4, -0.2) is 39.1 Å². The Morgan fingerprint density at radius 2 is 1.58 bits per heavy atom. The van der Waals surface area contributed by atoms with Crippen molar-refractivity contribution in [1.82, 2.24) is 14.3 Å². The molecule has 2 aromatic carbocycles. The van der Waals surface area contributed by atoms with Crippen molar-refractivity contribution in [3.8, 4) is 11.6 Å². The number of ether oxygens (including phenoxy) is 3. The number of hydrogen-bond donors (Lipinski definition) is 0. The highest BCUT2D eigenvalue weighted by Gasteiger charge is 2.31. The van der Waals surface area contributed by atoms with Crippen molar-refractivity contribution in [2.45, 2.75) is 104 Å². The summed E-state index contributed by atoms with van der Waals surface area (Å²) < 4.78 is 19.5. The Bertz CT molecular complexity index is 1400. The molecule has 0 aliphatic heterocycles. The third kappa shape index (κ3) is 10.7. The molecule has 0 N–H and O–H groups in total. The molecule has 0 saturated heterocycles. The van der Waals surface area contributed by atoms with Gasteiger partial charge in [-0.05, 0) is 76.1 Å². The lowest BCUT2D eigenvalue weighted by Gasteiger charge is -2.24. The van der Waals surface area contributed by atoms with E-state index >= 15 is 0 Å². The highest BCUT2D eigenvalue weighted by Crippen LogP contribution is 2.22. The average molecular weight is 594 g/mol. The number of rotatable bonds is 19. The Morgan fingerprint density at radius 3 is 2.33 bits per heavy atom. The van der Waals surface area contributed by atoms with E-state index in [1.54, 1.807) is 20.8 Å². The van der Waals surface area contributed by atoms with Crippen LogP contribution in [0.2, 0.25) is 0 Å². The van der Waals surface area contributed by atoms with Crippen molar-refractivity contribution in [3.63, 3.8) is 0 Å². The molecule has 9 heteroatoms. The third-order valence-corrected chi connectivity index (χ3v) is 7.14. The van der Waals surface area contributed by atoms with Gasteiger partial charge in [0.2, 0.25) is 0 Å². The monoisotopic (exact) mass is 593 g/mol. The smallest absolute Gasteiger partial charge is 0.349 e. The number of aromatic nitrogens is 3. The summed E-state index contributed by atoms with van der Waals surface area (Å²) in [6.07, 6.45) is 8.46. The summed E-state index contributed by atoms with van der Waals surface area (Å²) in [5.41, 5.74) is 0.0857. The minimum Gasteiger partial charge on any atom is -0.476 e. The molecule has 0 aliphatic rings. The first kappa shape index (κ1) is 33.6. The van der Waals surface area contributed by atoms with Gasteiger partial charge in [-0.3, -0.25) is 9.36 Å². The largest absolute Gasteiger partial charge is 0.476 e. The van der Waals surface area contributed by atoms with Gasteiger partial charge >= 0.3 is 17.2 Å². The molecule has 0 aliphatic carbocycles. The number of aryl methyl sites for hydroxylation is 1. The summed E-state index contributed by atoms with van der Waals surface area (Å²) in [4.78, 5) is 38.5. The zero-order valence-electron chi connectivity index (χ0n) is 26.2. The molecule has 0 bridgehead atoms. The van der Waals surface area contributed by atoms with Crippen LogP contribution >= 0.6 is 0 Å². The van der Waals surface area contributed by atoms with Crippen LogP contribution in [0.5, 0.6) is 11.6 Å². The van der Waals surface area contributed by atoms with E-state index < -0.39 is 22.8 Å². The van der Waals surface area contributed by atoms with Gasteiger partial charge in [0.25, 0.3) is 5.88 Å². The van der Waals surface area contributed by atoms with Gasteiger partial charge in [-0.25, -0.2) is 14.3 Å². The Balaban J connectivity index is 1.56. The van der Waals surface area contributed by atoms with Crippen molar-refractivity contribution in [3.05, 3.63) is 86.6 Å². The van der Waals surface area contributed by atoms with E-state index in [-0.39, 0.29) is 12.4 Å². The number of unbranched alkanes of at least 4 members (excludes halogenated alkanes) is 6. The Kier molecular flexibility index (Phi) is 13.5. The maximum Gasteiger partial charge on any atom is 0.349 e. The van der Waals surface area contributed by atoms with Gasteiger partial charge in [0.1, 0.15) is 5.75 Å². The molecule has 1 heterocycles. The predicted molar refractivity (Wildman–Crippen MR) is 168 cm³/mol. The highest BCUT2D eigenvalue weighted by atomic mass is 16.6. The number of hydrogen-bond acceptors (Lipinski definition) is 7. The first-order valence-electron chi connectivity index (χ1n) is 15.6. The quantitative estimate of drug-likeness (QED) is 0.125. The molecular weight excluding hydrogens is 546 g/mol. The van der Waals surface area contributed by atoms with Gasteiger partial charge in [0.05, 0.1) is 19.8 Å². The SMILES string of the molecule is CCCCCCCn1c(=O)c(OCCCCCc2cccc(OC(C)(C)C(=O)OCC)c2)nn(Cc2ccccc2)c1=O. The molecule has 234 valence electrons. The van der Waals surface area contributed by atoms with E-state index in [2.05, 4.69) is 12.0 Å². The Hall–Kier alpha value is -3.88. The topological polar surface area (TPSA) is 102 Å². The van der Waals surface area contributed by atoms with Crippen molar-refractivity contribution in [1.29, 1.82) is 0 Å². The van der Waals surface area contributed by atoms with Crippen molar-refractivity contribution in [2.75, 3.05) is 13.2 Å². The lowest BCUT2D eigenvalue weighted by molar-refractivity contribution is -0.158. The third-order valence-electron chi connectivity index (χ3n) is 7.14. The van der Waals surface area contributed by atoms with Crippen LogP contribution in [0.4, 0.5) is 0 Å². The van der Waals surface area contributed by atoms with Gasteiger partial charge in [0.15, 0.2) is 5.60 Å². The number of benzene rings is 2. The second-order valence-electron chi connectivity index (χ2n) is 11.2. The van der Waals surface area contributed by atoms with Gasteiger partial charge in [-0.1, -0.05) is 75.1 Å². The zero-order chi connectivity index (χ0) is 31.1. The lowest BCUT2D eigenvalue weighted by atomic mass is 10.1. The van der Waals surface area contributed by atoms with Crippen LogP contribution in [-0.2, 0) is 29.0 Å². The highest BCUT2D eigenvalue weighted by molar-refractivity contribution is 5.79. The van der Waals surface area contributed by atoms with Crippen LogP contribution in [0.25, 0.3) is 0 Å². The molecule has 1 aromatic heterocycles. The molecule has 0 amide bonds. The normalized spacial score (nSPS) is 11.3. The molecule has 3 rings (SSSR count). The van der Waals surface area contributed by atoms with E-state index in [9.17, 15) is 14.4 Å². The second kappa shape index (κ2) is 17.3. The zero-order valence-corrected chi connectivity index (χ0v) is 26.2. The summed E-state index contributed by atoms with van der Waals surface area (Å²) in [7, 11) is 0. The molecule has 0 radical (unpaired) electrons. The molecule has 0 fully saturated rings.